The molecule has 30 heavy (non-hydrogen) atoms. The van der Waals surface area contributed by atoms with Crippen LogP contribution >= 0.6 is 0 Å². The molecule has 0 amide bonds. The van der Waals surface area contributed by atoms with Gasteiger partial charge in [-0.05, 0) is 72.3 Å². The van der Waals surface area contributed by atoms with E-state index in [4.69, 9.17) is 21.8 Å². The van der Waals surface area contributed by atoms with Crippen LogP contribution in [0.3, 0.4) is 0 Å². The Balaban J connectivity index is 5.05. The lowest BCUT2D eigenvalue weighted by molar-refractivity contribution is -0.139. The minimum absolute atomic E-state index is 0.139. The minimum Gasteiger partial charge on any atom is -0.462 e. The molecule has 0 fully saturated rings. The van der Waals surface area contributed by atoms with Crippen molar-refractivity contribution in [2.75, 3.05) is 19.8 Å². The summed E-state index contributed by atoms with van der Waals surface area (Å²) in [6.07, 6.45) is 0.622. The van der Waals surface area contributed by atoms with Gasteiger partial charge in [-0.2, -0.15) is 0 Å². The number of carbonyl (C=O) groups is 1. The van der Waals surface area contributed by atoms with E-state index in [1.807, 2.05) is 6.92 Å². The summed E-state index contributed by atoms with van der Waals surface area (Å²) in [6, 6.07) is 0.637. The molecule has 176 valence electrons. The first-order valence-corrected chi connectivity index (χ1v) is 22.7. The predicted octanol–water partition coefficient (Wildman–Crippen LogP) is 5.56. The van der Waals surface area contributed by atoms with Crippen molar-refractivity contribution in [3.63, 3.8) is 0 Å². The second-order valence-corrected chi connectivity index (χ2v) is 27.6. The third kappa shape index (κ3) is 15.5. The molecular formula is C20H44O6Si4. The molecule has 0 radical (unpaired) electrons. The van der Waals surface area contributed by atoms with Gasteiger partial charge in [-0.25, -0.2) is 4.79 Å². The van der Waals surface area contributed by atoms with Crippen LogP contribution in [0.1, 0.15) is 13.3 Å². The summed E-state index contributed by atoms with van der Waals surface area (Å²) >= 11 is 0. The lowest BCUT2D eigenvalue weighted by atomic mass is 10.3. The van der Waals surface area contributed by atoms with Crippen molar-refractivity contribution in [3.05, 3.63) is 24.3 Å². The molecule has 0 aromatic heterocycles. The van der Waals surface area contributed by atoms with Gasteiger partial charge in [0.1, 0.15) is 0 Å². The Bertz CT molecular complexity index is 547. The number of hydrogen-bond donors (Lipinski definition) is 0. The van der Waals surface area contributed by atoms with Gasteiger partial charge in [0.25, 0.3) is 0 Å². The predicted molar refractivity (Wildman–Crippen MR) is 134 cm³/mol. The van der Waals surface area contributed by atoms with E-state index in [0.29, 0.717) is 24.6 Å². The summed E-state index contributed by atoms with van der Waals surface area (Å²) in [6.45, 7) is 29.6. The first-order valence-electron chi connectivity index (χ1n) is 10.5. The Morgan fingerprint density at radius 3 is 1.57 bits per heavy atom. The minimum atomic E-state index is -2.90. The zero-order chi connectivity index (χ0) is 23.8. The molecule has 0 heterocycles. The fourth-order valence-corrected chi connectivity index (χ4v) is 17.2. The van der Waals surface area contributed by atoms with E-state index < -0.39 is 39.7 Å². The van der Waals surface area contributed by atoms with Gasteiger partial charge in [-0.3, -0.25) is 0 Å². The molecule has 10 heteroatoms. The Morgan fingerprint density at radius 1 is 0.767 bits per heavy atom. The molecule has 0 atom stereocenters. The van der Waals surface area contributed by atoms with Crippen LogP contribution in [-0.4, -0.2) is 59.5 Å². The second kappa shape index (κ2) is 12.0. The lowest BCUT2D eigenvalue weighted by Crippen LogP contribution is -2.60. The monoisotopic (exact) mass is 492 g/mol. The Kier molecular flexibility index (Phi) is 11.9. The maximum absolute atomic E-state index is 12.1. The normalized spacial score (nSPS) is 13.3. The van der Waals surface area contributed by atoms with Gasteiger partial charge in [-0.15, -0.1) is 0 Å². The topological polar surface area (TPSA) is 63.2 Å². The summed E-state index contributed by atoms with van der Waals surface area (Å²) in [4.78, 5) is 12.1. The maximum Gasteiger partial charge on any atom is 0.469 e. The van der Waals surface area contributed by atoms with E-state index in [1.54, 1.807) is 0 Å². The van der Waals surface area contributed by atoms with Crippen molar-refractivity contribution >= 4 is 39.7 Å². The molecule has 0 aromatic rings. The largest absolute Gasteiger partial charge is 0.469 e. The van der Waals surface area contributed by atoms with Gasteiger partial charge < -0.3 is 21.8 Å². The van der Waals surface area contributed by atoms with Gasteiger partial charge in [0.05, 0.1) is 25.4 Å². The van der Waals surface area contributed by atoms with Gasteiger partial charge in [0.2, 0.25) is 0 Å². The van der Waals surface area contributed by atoms with Crippen molar-refractivity contribution in [2.24, 2.45) is 0 Å². The molecule has 0 bridgehead atoms. The second-order valence-electron chi connectivity index (χ2n) is 10.6. The number of ether oxygens (including phenoxy) is 2. The Labute approximate surface area is 188 Å². The number of hydrogen-bond acceptors (Lipinski definition) is 6. The zero-order valence-corrected chi connectivity index (χ0v) is 24.9. The van der Waals surface area contributed by atoms with Crippen LogP contribution in [0.4, 0.5) is 0 Å². The van der Waals surface area contributed by atoms with Gasteiger partial charge >= 0.3 is 14.8 Å². The number of carbonyl (C=O) groups excluding carboxylic acids is 1. The zero-order valence-electron chi connectivity index (χ0n) is 20.9. The van der Waals surface area contributed by atoms with E-state index >= 15 is 0 Å². The third-order valence-corrected chi connectivity index (χ3v) is 15.2. The highest BCUT2D eigenvalue weighted by Crippen LogP contribution is 2.29. The molecule has 0 unspecified atom stereocenters. The van der Waals surface area contributed by atoms with Crippen molar-refractivity contribution in [3.8, 4) is 0 Å². The molecule has 6 nitrogen and oxygen atoms in total. The average molecular weight is 493 g/mol. The van der Waals surface area contributed by atoms with Crippen LogP contribution < -0.4 is 0 Å². The lowest BCUT2D eigenvalue weighted by Gasteiger charge is -2.42. The molecule has 0 aliphatic rings. The number of esters is 1. The van der Waals surface area contributed by atoms with Crippen LogP contribution in [0, 0.1) is 0 Å². The molecule has 0 aliphatic carbocycles. The molecule has 0 saturated carbocycles. The van der Waals surface area contributed by atoms with Crippen molar-refractivity contribution < 1.29 is 26.6 Å². The number of rotatable bonds is 15. The summed E-state index contributed by atoms with van der Waals surface area (Å²) in [5.74, 6) is -0.438. The smallest absolute Gasteiger partial charge is 0.462 e. The Morgan fingerprint density at radius 2 is 1.20 bits per heavy atom. The highest BCUT2D eigenvalue weighted by Gasteiger charge is 2.49. The van der Waals surface area contributed by atoms with Gasteiger partial charge in [0, 0.05) is 6.04 Å². The van der Waals surface area contributed by atoms with E-state index in [-0.39, 0.29) is 13.2 Å². The highest BCUT2D eigenvalue weighted by atomic mass is 28.5. The first kappa shape index (κ1) is 29.7. The highest BCUT2D eigenvalue weighted by molar-refractivity contribution is 6.90. The van der Waals surface area contributed by atoms with E-state index in [1.165, 1.54) is 0 Å². The molecule has 0 saturated heterocycles. The standard InChI is InChI=1S/C20H44O6Si4/c1-18(2)16-22-17-19(3)20(21)23-14-13-15-30(24-27(4,5)6,25-28(7,8)9)26-29(10,11)12/h1,3,13-17H2,2,4-12H3. The molecule has 0 aliphatic heterocycles. The van der Waals surface area contributed by atoms with Crippen LogP contribution in [0.25, 0.3) is 0 Å². The van der Waals surface area contributed by atoms with Crippen molar-refractivity contribution in [2.45, 2.75) is 78.3 Å². The fourth-order valence-electron chi connectivity index (χ4n) is 2.58. The molecule has 0 spiro atoms. The average Bonchev–Trinajstić information content (AvgIpc) is 2.45. The SMILES string of the molecule is C=C(C)COCC(=C)C(=O)OCCC[Si](O[Si](C)(C)C)(O[Si](C)(C)C)O[Si](C)(C)C. The van der Waals surface area contributed by atoms with Crippen molar-refractivity contribution in [1.29, 1.82) is 0 Å². The van der Waals surface area contributed by atoms with Crippen LogP contribution in [0.2, 0.25) is 65.0 Å². The van der Waals surface area contributed by atoms with Gasteiger partial charge in [0.15, 0.2) is 25.0 Å². The molecular weight excluding hydrogens is 449 g/mol. The summed E-state index contributed by atoms with van der Waals surface area (Å²) in [5, 5.41) is 0. The summed E-state index contributed by atoms with van der Waals surface area (Å²) < 4.78 is 30.6. The first-order chi connectivity index (χ1) is 13.3. The Hall–Kier alpha value is -0.342. The maximum atomic E-state index is 12.1. The quantitative estimate of drug-likeness (QED) is 0.0980. The van der Waals surface area contributed by atoms with Crippen LogP contribution in [-0.2, 0) is 26.6 Å². The van der Waals surface area contributed by atoms with Crippen LogP contribution in [0.15, 0.2) is 24.3 Å². The third-order valence-electron chi connectivity index (χ3n) is 3.16. The summed E-state index contributed by atoms with van der Waals surface area (Å²) in [7, 11) is -8.61. The summed E-state index contributed by atoms with van der Waals surface area (Å²) in [5.41, 5.74) is 1.19. The fraction of sp³-hybridized carbons (Fsp3) is 0.750. The molecule has 0 N–H and O–H groups in total. The van der Waals surface area contributed by atoms with E-state index in [9.17, 15) is 4.79 Å². The van der Waals surface area contributed by atoms with Gasteiger partial charge in [-0.1, -0.05) is 18.7 Å². The van der Waals surface area contributed by atoms with Crippen molar-refractivity contribution in [1.82, 2.24) is 0 Å². The molecule has 0 aromatic carbocycles. The van der Waals surface area contributed by atoms with Crippen LogP contribution in [0.5, 0.6) is 0 Å². The van der Waals surface area contributed by atoms with E-state index in [0.717, 1.165) is 5.57 Å². The van der Waals surface area contributed by atoms with E-state index in [2.05, 4.69) is 72.1 Å². The molecule has 0 rings (SSSR count).